The van der Waals surface area contributed by atoms with Crippen LogP contribution >= 0.6 is 24.8 Å². The van der Waals surface area contributed by atoms with Crippen molar-refractivity contribution < 1.29 is 9.53 Å². The highest BCUT2D eigenvalue weighted by molar-refractivity contribution is 5.85. The topological polar surface area (TPSA) is 32.8 Å². The fraction of sp³-hybridized carbons (Fsp3) is 0.750. The molecule has 2 saturated heterocycles. The van der Waals surface area contributed by atoms with Crippen LogP contribution in [0, 0.1) is 5.92 Å². The van der Waals surface area contributed by atoms with Gasteiger partial charge >= 0.3 is 5.97 Å². The highest BCUT2D eigenvalue weighted by Crippen LogP contribution is 2.46. The first-order chi connectivity index (χ1) is 15.6. The first-order valence-corrected chi connectivity index (χ1v) is 13.3. The van der Waals surface area contributed by atoms with Gasteiger partial charge in [-0.1, -0.05) is 57.1 Å². The summed E-state index contributed by atoms with van der Waals surface area (Å²) in [7, 11) is 4.50. The van der Waals surface area contributed by atoms with Gasteiger partial charge in [-0.2, -0.15) is 0 Å². The second kappa shape index (κ2) is 14.6. The minimum atomic E-state index is 0. The van der Waals surface area contributed by atoms with E-state index in [4.69, 9.17) is 4.74 Å². The van der Waals surface area contributed by atoms with Crippen molar-refractivity contribution in [1.29, 1.82) is 0 Å². The van der Waals surface area contributed by atoms with Crippen LogP contribution in [0.4, 0.5) is 5.69 Å². The van der Waals surface area contributed by atoms with Crippen molar-refractivity contribution in [2.24, 2.45) is 5.92 Å². The standard InChI is InChI=1S/C28H44N2O2.2ClH/c1-29-19-11-9-7-5-3-4-6-8-10-12-28(31)32-21-26-25(22-13-15-23(29)16-14-22)20-24-17-18-27(26)30(24)2;;/h13-16,24-27H,3-12,17-21H2,1-2H3;2*1H/t24-,25+,26-,27+;;/m0../s1. The van der Waals surface area contributed by atoms with E-state index in [1.54, 1.807) is 0 Å². The van der Waals surface area contributed by atoms with E-state index >= 15 is 0 Å². The maximum Gasteiger partial charge on any atom is 0.305 e. The van der Waals surface area contributed by atoms with Crippen LogP contribution in [0.1, 0.15) is 95.0 Å². The molecule has 1 aromatic carbocycles. The van der Waals surface area contributed by atoms with E-state index in [0.717, 1.165) is 19.4 Å². The number of anilines is 1. The lowest BCUT2D eigenvalue weighted by Gasteiger charge is -2.43. The van der Waals surface area contributed by atoms with Gasteiger partial charge in [0.25, 0.3) is 0 Å². The Morgan fingerprint density at radius 1 is 0.824 bits per heavy atom. The molecule has 2 fully saturated rings. The van der Waals surface area contributed by atoms with Crippen molar-refractivity contribution in [3.05, 3.63) is 29.8 Å². The van der Waals surface area contributed by atoms with Gasteiger partial charge in [-0.05, 0) is 62.8 Å². The zero-order valence-electron chi connectivity index (χ0n) is 21.3. The van der Waals surface area contributed by atoms with Crippen LogP contribution in [0.15, 0.2) is 24.3 Å². The minimum Gasteiger partial charge on any atom is -0.465 e. The second-order valence-corrected chi connectivity index (χ2v) is 10.6. The predicted octanol–water partition coefficient (Wildman–Crippen LogP) is 6.99. The van der Waals surface area contributed by atoms with Crippen LogP contribution in [0.25, 0.3) is 0 Å². The molecule has 4 heterocycles. The van der Waals surface area contributed by atoms with Gasteiger partial charge in [0.15, 0.2) is 0 Å². The van der Waals surface area contributed by atoms with Gasteiger partial charge in [0.05, 0.1) is 6.61 Å². The van der Waals surface area contributed by atoms with Crippen molar-refractivity contribution in [2.75, 3.05) is 32.1 Å². The fourth-order valence-corrected chi connectivity index (χ4v) is 6.41. The number of piperidine rings is 1. The summed E-state index contributed by atoms with van der Waals surface area (Å²) in [6.45, 7) is 1.71. The van der Waals surface area contributed by atoms with Crippen molar-refractivity contribution in [3.63, 3.8) is 0 Å². The molecule has 4 atom stereocenters. The van der Waals surface area contributed by atoms with E-state index in [2.05, 4.69) is 48.2 Å². The third-order valence-electron chi connectivity index (χ3n) is 8.51. The molecule has 0 amide bonds. The monoisotopic (exact) mass is 512 g/mol. The van der Waals surface area contributed by atoms with Gasteiger partial charge in [0.1, 0.15) is 0 Å². The summed E-state index contributed by atoms with van der Waals surface area (Å²) in [4.78, 5) is 17.4. The molecule has 4 aliphatic heterocycles. The molecule has 0 unspecified atom stereocenters. The Kier molecular flexibility index (Phi) is 12.5. The normalized spacial score (nSPS) is 29.7. The average molecular weight is 514 g/mol. The molecule has 194 valence electrons. The Morgan fingerprint density at radius 3 is 2.12 bits per heavy atom. The van der Waals surface area contributed by atoms with E-state index in [9.17, 15) is 4.79 Å². The summed E-state index contributed by atoms with van der Waals surface area (Å²) in [5.41, 5.74) is 2.75. The number of halogens is 2. The van der Waals surface area contributed by atoms with Crippen LogP contribution in [-0.2, 0) is 9.53 Å². The number of esters is 1. The van der Waals surface area contributed by atoms with E-state index < -0.39 is 0 Å². The van der Waals surface area contributed by atoms with E-state index in [1.807, 2.05) is 0 Å². The second-order valence-electron chi connectivity index (χ2n) is 10.6. The fourth-order valence-electron chi connectivity index (χ4n) is 6.41. The van der Waals surface area contributed by atoms with Gasteiger partial charge in [-0.3, -0.25) is 4.79 Å². The van der Waals surface area contributed by atoms with Crippen molar-refractivity contribution in [2.45, 2.75) is 101 Å². The maximum atomic E-state index is 12.5. The molecule has 1 aromatic rings. The first kappa shape index (κ1) is 29.3. The molecule has 6 heteroatoms. The largest absolute Gasteiger partial charge is 0.465 e. The Bertz CT molecular complexity index is 730. The molecule has 4 aliphatic rings. The maximum absolute atomic E-state index is 12.5. The zero-order valence-corrected chi connectivity index (χ0v) is 22.9. The number of hydrogen-bond acceptors (Lipinski definition) is 4. The third kappa shape index (κ3) is 7.51. The number of hydrogen-bond donors (Lipinski definition) is 0. The van der Waals surface area contributed by atoms with Crippen LogP contribution in [0.5, 0.6) is 0 Å². The Hall–Kier alpha value is -0.970. The molecule has 0 spiro atoms. The Balaban J connectivity index is 0.00000204. The molecule has 0 radical (unpaired) electrons. The molecule has 0 aromatic heterocycles. The summed E-state index contributed by atoms with van der Waals surface area (Å²) >= 11 is 0. The van der Waals surface area contributed by atoms with Crippen LogP contribution < -0.4 is 4.90 Å². The molecule has 0 saturated carbocycles. The number of benzene rings is 1. The number of carbonyl (C=O) groups is 1. The quantitative estimate of drug-likeness (QED) is 0.350. The number of rotatable bonds is 0. The van der Waals surface area contributed by atoms with Crippen LogP contribution in [0.2, 0.25) is 0 Å². The van der Waals surface area contributed by atoms with Gasteiger partial charge in [0, 0.05) is 43.7 Å². The molecule has 5 rings (SSSR count). The lowest BCUT2D eigenvalue weighted by molar-refractivity contribution is -0.146. The number of fused-ring (bicyclic) bond motifs is 18. The molecular weight excluding hydrogens is 467 g/mol. The molecule has 0 N–H and O–H groups in total. The van der Waals surface area contributed by atoms with Crippen molar-refractivity contribution >= 4 is 36.5 Å². The highest BCUT2D eigenvalue weighted by Gasteiger charge is 2.46. The first-order valence-electron chi connectivity index (χ1n) is 13.3. The average Bonchev–Trinajstić information content (AvgIpc) is 3.04. The Labute approximate surface area is 220 Å². The van der Waals surface area contributed by atoms with Gasteiger partial charge in [-0.25, -0.2) is 0 Å². The summed E-state index contributed by atoms with van der Waals surface area (Å²) in [5, 5.41) is 0. The highest BCUT2D eigenvalue weighted by atomic mass is 35.5. The molecular formula is C28H46Cl2N2O2. The number of carbonyl (C=O) groups excluding carboxylic acids is 1. The van der Waals surface area contributed by atoms with E-state index in [-0.39, 0.29) is 30.8 Å². The molecule has 34 heavy (non-hydrogen) atoms. The van der Waals surface area contributed by atoms with Gasteiger partial charge < -0.3 is 14.5 Å². The minimum absolute atomic E-state index is 0. The van der Waals surface area contributed by atoms with Crippen LogP contribution in [-0.4, -0.2) is 50.2 Å². The predicted molar refractivity (Wildman–Crippen MR) is 147 cm³/mol. The zero-order chi connectivity index (χ0) is 22.3. The molecule has 4 bridgehead atoms. The molecule has 4 nitrogen and oxygen atoms in total. The summed E-state index contributed by atoms with van der Waals surface area (Å²) < 4.78 is 5.89. The van der Waals surface area contributed by atoms with Crippen LogP contribution in [0.3, 0.4) is 0 Å². The van der Waals surface area contributed by atoms with E-state index in [0.29, 0.717) is 36.9 Å². The van der Waals surface area contributed by atoms with Crippen molar-refractivity contribution in [3.8, 4) is 0 Å². The van der Waals surface area contributed by atoms with Gasteiger partial charge in [-0.15, -0.1) is 24.8 Å². The third-order valence-corrected chi connectivity index (χ3v) is 8.51. The summed E-state index contributed by atoms with van der Waals surface area (Å²) in [6.07, 6.45) is 15.6. The number of ether oxygens (including phenoxy) is 1. The van der Waals surface area contributed by atoms with Crippen molar-refractivity contribution in [1.82, 2.24) is 4.90 Å². The Morgan fingerprint density at radius 2 is 1.44 bits per heavy atom. The van der Waals surface area contributed by atoms with E-state index in [1.165, 1.54) is 75.5 Å². The van der Waals surface area contributed by atoms with Gasteiger partial charge in [0.2, 0.25) is 0 Å². The lowest BCUT2D eigenvalue weighted by atomic mass is 9.76. The summed E-state index contributed by atoms with van der Waals surface area (Å²) in [5.74, 6) is 0.903. The molecule has 0 aliphatic carbocycles. The smallest absolute Gasteiger partial charge is 0.305 e. The summed E-state index contributed by atoms with van der Waals surface area (Å²) in [6, 6.07) is 10.5. The number of nitrogens with zero attached hydrogens (tertiary/aromatic N) is 2. The SMILES string of the molecule is CN1CCCCCCCCCCCC(=O)OC[C@H]2[C@H](C[C@@H]3CC[C@H]2N3C)c2ccc1cc2.Cl.Cl. The lowest BCUT2D eigenvalue weighted by Crippen LogP contribution is -2.47.